The zero-order valence-corrected chi connectivity index (χ0v) is 7.15. The third kappa shape index (κ3) is 1.35. The standard InChI is InChI=1S/C9H4ClF2N/c10-9-3-5-6(4-13-9)8(12)2-1-7(5)11/h1-4H. The second-order valence-corrected chi connectivity index (χ2v) is 2.97. The van der Waals surface area contributed by atoms with Gasteiger partial charge in [0.15, 0.2) is 0 Å². The number of fused-ring (bicyclic) bond motifs is 1. The summed E-state index contributed by atoms with van der Waals surface area (Å²) in [5, 5.41) is 0.446. The molecule has 0 aliphatic heterocycles. The van der Waals surface area contributed by atoms with Crippen molar-refractivity contribution in [2.24, 2.45) is 0 Å². The maximum atomic E-state index is 13.1. The monoisotopic (exact) mass is 199 g/mol. The van der Waals surface area contributed by atoms with E-state index in [0.29, 0.717) is 0 Å². The molecule has 0 N–H and O–H groups in total. The molecule has 0 amide bonds. The summed E-state index contributed by atoms with van der Waals surface area (Å²) >= 11 is 5.54. The normalized spacial score (nSPS) is 10.7. The van der Waals surface area contributed by atoms with Crippen LogP contribution in [0.25, 0.3) is 10.8 Å². The van der Waals surface area contributed by atoms with Gasteiger partial charge in [-0.2, -0.15) is 0 Å². The van der Waals surface area contributed by atoms with Crippen LogP contribution in [0.2, 0.25) is 5.15 Å². The molecular weight excluding hydrogens is 196 g/mol. The number of benzene rings is 1. The van der Waals surface area contributed by atoms with Gasteiger partial charge in [0.1, 0.15) is 16.8 Å². The van der Waals surface area contributed by atoms with E-state index in [1.165, 1.54) is 12.3 Å². The Balaban J connectivity index is 2.92. The molecule has 0 radical (unpaired) electrons. The van der Waals surface area contributed by atoms with Gasteiger partial charge in [-0.15, -0.1) is 0 Å². The lowest BCUT2D eigenvalue weighted by Crippen LogP contribution is -1.86. The molecule has 0 saturated carbocycles. The maximum absolute atomic E-state index is 13.1. The summed E-state index contributed by atoms with van der Waals surface area (Å²) < 4.78 is 26.1. The number of rotatable bonds is 0. The van der Waals surface area contributed by atoms with Gasteiger partial charge in [0.2, 0.25) is 0 Å². The fourth-order valence-corrected chi connectivity index (χ4v) is 1.30. The Morgan fingerprint density at radius 2 is 1.69 bits per heavy atom. The number of halogens is 3. The van der Waals surface area contributed by atoms with Gasteiger partial charge in [-0.3, -0.25) is 0 Å². The van der Waals surface area contributed by atoms with Crippen LogP contribution in [0.3, 0.4) is 0 Å². The van der Waals surface area contributed by atoms with Crippen molar-refractivity contribution < 1.29 is 8.78 Å². The highest BCUT2D eigenvalue weighted by atomic mass is 35.5. The topological polar surface area (TPSA) is 12.9 Å². The number of pyridine rings is 1. The average Bonchev–Trinajstić information content (AvgIpc) is 2.12. The van der Waals surface area contributed by atoms with Gasteiger partial charge in [0, 0.05) is 17.0 Å². The summed E-state index contributed by atoms with van der Waals surface area (Å²) in [4.78, 5) is 3.67. The van der Waals surface area contributed by atoms with Gasteiger partial charge in [-0.05, 0) is 18.2 Å². The predicted molar refractivity (Wildman–Crippen MR) is 46.7 cm³/mol. The molecule has 0 saturated heterocycles. The van der Waals surface area contributed by atoms with Crippen LogP contribution in [0.4, 0.5) is 8.78 Å². The molecule has 1 nitrogen and oxygen atoms in total. The predicted octanol–water partition coefficient (Wildman–Crippen LogP) is 3.17. The van der Waals surface area contributed by atoms with Crippen LogP contribution in [-0.2, 0) is 0 Å². The van der Waals surface area contributed by atoms with Crippen molar-refractivity contribution in [3.05, 3.63) is 41.2 Å². The molecule has 0 atom stereocenters. The first-order chi connectivity index (χ1) is 6.18. The molecule has 1 aromatic carbocycles. The van der Waals surface area contributed by atoms with Crippen LogP contribution in [0.15, 0.2) is 24.4 Å². The van der Waals surface area contributed by atoms with Crippen molar-refractivity contribution in [2.45, 2.75) is 0 Å². The van der Waals surface area contributed by atoms with Gasteiger partial charge >= 0.3 is 0 Å². The first-order valence-corrected chi connectivity index (χ1v) is 3.95. The van der Waals surface area contributed by atoms with Gasteiger partial charge in [-0.25, -0.2) is 13.8 Å². The Morgan fingerprint density at radius 1 is 1.08 bits per heavy atom. The fraction of sp³-hybridized carbons (Fsp3) is 0. The molecule has 0 aliphatic carbocycles. The second-order valence-electron chi connectivity index (χ2n) is 2.58. The van der Waals surface area contributed by atoms with Crippen molar-refractivity contribution in [1.29, 1.82) is 0 Å². The first-order valence-electron chi connectivity index (χ1n) is 3.58. The second kappa shape index (κ2) is 2.92. The number of nitrogens with zero attached hydrogens (tertiary/aromatic N) is 1. The molecule has 0 bridgehead atoms. The van der Waals surface area contributed by atoms with Gasteiger partial charge in [-0.1, -0.05) is 11.6 Å². The summed E-state index contributed by atoms with van der Waals surface area (Å²) in [7, 11) is 0. The molecular formula is C9H4ClF2N. The molecule has 0 spiro atoms. The van der Waals surface area contributed by atoms with E-state index in [2.05, 4.69) is 4.98 Å². The van der Waals surface area contributed by atoms with E-state index in [1.807, 2.05) is 0 Å². The molecule has 2 aromatic rings. The number of aromatic nitrogens is 1. The fourth-order valence-electron chi connectivity index (χ4n) is 1.14. The van der Waals surface area contributed by atoms with Crippen LogP contribution >= 0.6 is 11.6 Å². The van der Waals surface area contributed by atoms with Gasteiger partial charge in [0.25, 0.3) is 0 Å². The lowest BCUT2D eigenvalue weighted by atomic mass is 10.1. The summed E-state index contributed by atoms with van der Waals surface area (Å²) in [5.74, 6) is -0.999. The van der Waals surface area contributed by atoms with Crippen molar-refractivity contribution in [2.75, 3.05) is 0 Å². The van der Waals surface area contributed by atoms with Crippen LogP contribution in [-0.4, -0.2) is 4.98 Å². The molecule has 0 aliphatic rings. The Bertz CT molecular complexity index is 470. The van der Waals surface area contributed by atoms with Crippen molar-refractivity contribution in [1.82, 2.24) is 4.98 Å². The highest BCUT2D eigenvalue weighted by Gasteiger charge is 2.06. The van der Waals surface area contributed by atoms with Gasteiger partial charge in [0.05, 0.1) is 0 Å². The van der Waals surface area contributed by atoms with E-state index in [0.717, 1.165) is 12.1 Å². The number of hydrogen-bond donors (Lipinski definition) is 0. The Morgan fingerprint density at radius 3 is 2.38 bits per heavy atom. The van der Waals surface area contributed by atoms with E-state index >= 15 is 0 Å². The third-order valence-electron chi connectivity index (χ3n) is 1.76. The summed E-state index contributed by atoms with van der Waals surface area (Å²) in [5.41, 5.74) is 0. The minimum Gasteiger partial charge on any atom is -0.244 e. The first kappa shape index (κ1) is 8.38. The van der Waals surface area contributed by atoms with Crippen LogP contribution in [0, 0.1) is 11.6 Å². The molecule has 13 heavy (non-hydrogen) atoms. The lowest BCUT2D eigenvalue weighted by molar-refractivity contribution is 0.617. The van der Waals surface area contributed by atoms with Crippen molar-refractivity contribution in [3.63, 3.8) is 0 Å². The molecule has 0 fully saturated rings. The van der Waals surface area contributed by atoms with Crippen LogP contribution in [0.5, 0.6) is 0 Å². The Labute approximate surface area is 78.0 Å². The zero-order chi connectivity index (χ0) is 9.42. The minimum absolute atomic E-state index is 0.143. The van der Waals surface area contributed by atoms with E-state index in [1.54, 1.807) is 0 Å². The molecule has 0 unspecified atom stereocenters. The summed E-state index contributed by atoms with van der Waals surface area (Å²) in [6.07, 6.45) is 1.22. The van der Waals surface area contributed by atoms with Gasteiger partial charge < -0.3 is 0 Å². The lowest BCUT2D eigenvalue weighted by Gasteiger charge is -1.99. The summed E-state index contributed by atoms with van der Waals surface area (Å²) in [6.45, 7) is 0. The Hall–Kier alpha value is -1.22. The van der Waals surface area contributed by atoms with E-state index in [-0.39, 0.29) is 15.9 Å². The number of hydrogen-bond acceptors (Lipinski definition) is 1. The molecule has 2 rings (SSSR count). The van der Waals surface area contributed by atoms with E-state index in [4.69, 9.17) is 11.6 Å². The smallest absolute Gasteiger partial charge is 0.132 e. The Kier molecular flexibility index (Phi) is 1.88. The van der Waals surface area contributed by atoms with Crippen molar-refractivity contribution in [3.8, 4) is 0 Å². The largest absolute Gasteiger partial charge is 0.244 e. The quantitative estimate of drug-likeness (QED) is 0.594. The molecule has 1 aromatic heterocycles. The SMILES string of the molecule is Fc1ccc(F)c2cc(Cl)ncc12. The average molecular weight is 200 g/mol. The van der Waals surface area contributed by atoms with E-state index < -0.39 is 11.6 Å². The highest BCUT2D eigenvalue weighted by molar-refractivity contribution is 6.30. The van der Waals surface area contributed by atoms with Crippen LogP contribution in [0.1, 0.15) is 0 Å². The molecule has 1 heterocycles. The molecule has 4 heteroatoms. The summed E-state index contributed by atoms with van der Waals surface area (Å²) in [6, 6.07) is 3.43. The highest BCUT2D eigenvalue weighted by Crippen LogP contribution is 2.22. The molecule has 66 valence electrons. The maximum Gasteiger partial charge on any atom is 0.132 e. The van der Waals surface area contributed by atoms with Crippen LogP contribution < -0.4 is 0 Å². The van der Waals surface area contributed by atoms with Crippen molar-refractivity contribution >= 4 is 22.4 Å². The third-order valence-corrected chi connectivity index (χ3v) is 1.97. The van der Waals surface area contributed by atoms with E-state index in [9.17, 15) is 8.78 Å². The minimum atomic E-state index is -0.499. The zero-order valence-electron chi connectivity index (χ0n) is 6.39.